The van der Waals surface area contributed by atoms with Gasteiger partial charge in [-0.1, -0.05) is 30.3 Å². The molecule has 0 radical (unpaired) electrons. The van der Waals surface area contributed by atoms with E-state index in [-0.39, 0.29) is 23.5 Å². The third-order valence-corrected chi connectivity index (χ3v) is 6.27. The maximum atomic E-state index is 15.5. The first kappa shape index (κ1) is 24.4. The first-order chi connectivity index (χ1) is 18.0. The zero-order chi connectivity index (χ0) is 25.9. The SMILES string of the molecule is COc1ccc(-n2cnc3ncn(-c4ccc(-c5ccccc5CN(C)CCO)cc4F)c(=O)c32)cc1. The Labute approximate surface area is 212 Å². The molecule has 8 nitrogen and oxygen atoms in total. The van der Waals surface area contributed by atoms with Gasteiger partial charge >= 0.3 is 0 Å². The first-order valence-corrected chi connectivity index (χ1v) is 11.8. The average molecular weight is 500 g/mol. The number of hydrogen-bond acceptors (Lipinski definition) is 6. The van der Waals surface area contributed by atoms with Gasteiger partial charge < -0.3 is 9.84 Å². The molecular weight excluding hydrogens is 473 g/mol. The quantitative estimate of drug-likeness (QED) is 0.350. The number of rotatable bonds is 8. The highest BCUT2D eigenvalue weighted by Crippen LogP contribution is 2.27. The number of imidazole rings is 1. The summed E-state index contributed by atoms with van der Waals surface area (Å²) in [7, 11) is 3.50. The first-order valence-electron chi connectivity index (χ1n) is 11.8. The minimum absolute atomic E-state index is 0.0620. The minimum Gasteiger partial charge on any atom is -0.497 e. The molecule has 0 amide bonds. The molecule has 0 fully saturated rings. The van der Waals surface area contributed by atoms with Gasteiger partial charge in [0.05, 0.1) is 19.4 Å². The molecule has 0 unspecified atom stereocenters. The fourth-order valence-electron chi connectivity index (χ4n) is 4.37. The maximum absolute atomic E-state index is 15.5. The van der Waals surface area contributed by atoms with E-state index in [1.54, 1.807) is 35.9 Å². The Morgan fingerprint density at radius 3 is 2.43 bits per heavy atom. The molecule has 0 aliphatic heterocycles. The van der Waals surface area contributed by atoms with E-state index in [9.17, 15) is 9.90 Å². The summed E-state index contributed by atoms with van der Waals surface area (Å²) >= 11 is 0. The summed E-state index contributed by atoms with van der Waals surface area (Å²) in [6.45, 7) is 1.20. The van der Waals surface area contributed by atoms with Crippen LogP contribution in [0.4, 0.5) is 4.39 Å². The lowest BCUT2D eigenvalue weighted by molar-refractivity contribution is 0.217. The van der Waals surface area contributed by atoms with Crippen LogP contribution in [0.15, 0.2) is 84.2 Å². The van der Waals surface area contributed by atoms with Crippen LogP contribution in [0.3, 0.4) is 0 Å². The summed E-state index contributed by atoms with van der Waals surface area (Å²) in [5.41, 5.74) is 3.48. The predicted octanol–water partition coefficient (Wildman–Crippen LogP) is 3.81. The lowest BCUT2D eigenvalue weighted by Gasteiger charge is -2.18. The predicted molar refractivity (Wildman–Crippen MR) is 140 cm³/mol. The lowest BCUT2D eigenvalue weighted by Crippen LogP contribution is -2.22. The summed E-state index contributed by atoms with van der Waals surface area (Å²) < 4.78 is 23.5. The van der Waals surface area contributed by atoms with Crippen LogP contribution < -0.4 is 10.3 Å². The summed E-state index contributed by atoms with van der Waals surface area (Å²) in [5, 5.41) is 9.22. The highest BCUT2D eigenvalue weighted by Gasteiger charge is 2.16. The van der Waals surface area contributed by atoms with Gasteiger partial charge in [0.2, 0.25) is 0 Å². The second-order valence-corrected chi connectivity index (χ2v) is 8.69. The largest absolute Gasteiger partial charge is 0.497 e. The third kappa shape index (κ3) is 4.74. The summed E-state index contributed by atoms with van der Waals surface area (Å²) in [4.78, 5) is 24.0. The molecule has 0 bridgehead atoms. The van der Waals surface area contributed by atoms with E-state index in [0.29, 0.717) is 30.1 Å². The molecule has 2 aromatic heterocycles. The van der Waals surface area contributed by atoms with Crippen molar-refractivity contribution in [3.8, 4) is 28.3 Å². The van der Waals surface area contributed by atoms with Crippen molar-refractivity contribution in [2.24, 2.45) is 0 Å². The van der Waals surface area contributed by atoms with E-state index >= 15 is 4.39 Å². The van der Waals surface area contributed by atoms with E-state index < -0.39 is 11.4 Å². The molecule has 0 spiro atoms. The average Bonchev–Trinajstić information content (AvgIpc) is 3.35. The molecule has 1 N–H and O–H groups in total. The fourth-order valence-corrected chi connectivity index (χ4v) is 4.37. The minimum atomic E-state index is -0.547. The van der Waals surface area contributed by atoms with E-state index in [1.807, 2.05) is 48.3 Å². The van der Waals surface area contributed by atoms with Crippen molar-refractivity contribution in [2.75, 3.05) is 27.3 Å². The van der Waals surface area contributed by atoms with Crippen LogP contribution in [-0.4, -0.2) is 56.4 Å². The highest BCUT2D eigenvalue weighted by atomic mass is 19.1. The molecule has 188 valence electrons. The van der Waals surface area contributed by atoms with Crippen molar-refractivity contribution < 1.29 is 14.2 Å². The van der Waals surface area contributed by atoms with E-state index in [0.717, 1.165) is 11.1 Å². The van der Waals surface area contributed by atoms with Gasteiger partial charge in [-0.25, -0.2) is 14.4 Å². The van der Waals surface area contributed by atoms with Crippen molar-refractivity contribution in [1.82, 2.24) is 24.0 Å². The zero-order valence-corrected chi connectivity index (χ0v) is 20.5. The Hall–Kier alpha value is -4.34. The molecule has 5 rings (SSSR count). The smallest absolute Gasteiger partial charge is 0.284 e. The molecule has 37 heavy (non-hydrogen) atoms. The van der Waals surface area contributed by atoms with Crippen LogP contribution >= 0.6 is 0 Å². The summed E-state index contributed by atoms with van der Waals surface area (Å²) in [6.07, 6.45) is 2.82. The standard InChI is InChI=1S/C28H26FN5O3/c1-32(13-14-35)16-20-5-3-4-6-23(20)19-7-12-25(24(29)15-19)34-18-31-27-26(28(34)36)33(17-30-27)21-8-10-22(37-2)11-9-21/h3-12,15,17-18,35H,13-14,16H2,1-2H3. The van der Waals surface area contributed by atoms with Gasteiger partial charge in [-0.3, -0.25) is 18.8 Å². The van der Waals surface area contributed by atoms with Crippen LogP contribution in [0, 0.1) is 5.82 Å². The number of halogens is 1. The van der Waals surface area contributed by atoms with Gasteiger partial charge in [-0.2, -0.15) is 0 Å². The van der Waals surface area contributed by atoms with Crippen molar-refractivity contribution >= 4 is 11.2 Å². The van der Waals surface area contributed by atoms with Crippen molar-refractivity contribution in [1.29, 1.82) is 0 Å². The molecule has 5 aromatic rings. The molecule has 2 heterocycles. The van der Waals surface area contributed by atoms with E-state index in [1.165, 1.54) is 23.3 Å². The van der Waals surface area contributed by atoms with Crippen LogP contribution in [0.5, 0.6) is 5.75 Å². The maximum Gasteiger partial charge on any atom is 0.284 e. The number of aliphatic hydroxyl groups is 1. The van der Waals surface area contributed by atoms with Gasteiger partial charge in [-0.15, -0.1) is 0 Å². The molecule has 9 heteroatoms. The van der Waals surface area contributed by atoms with E-state index in [4.69, 9.17) is 4.74 Å². The Kier molecular flexibility index (Phi) is 6.80. The highest BCUT2D eigenvalue weighted by molar-refractivity contribution is 5.73. The van der Waals surface area contributed by atoms with Crippen LogP contribution in [0.1, 0.15) is 5.56 Å². The molecular formula is C28H26FN5O3. The number of nitrogens with zero attached hydrogens (tertiary/aromatic N) is 5. The monoisotopic (exact) mass is 499 g/mol. The third-order valence-electron chi connectivity index (χ3n) is 6.27. The Bertz CT molecular complexity index is 1610. The number of benzene rings is 3. The Balaban J connectivity index is 1.54. The molecule has 3 aromatic carbocycles. The van der Waals surface area contributed by atoms with Gasteiger partial charge in [0, 0.05) is 18.8 Å². The second kappa shape index (κ2) is 10.3. The molecule has 0 aliphatic rings. The number of fused-ring (bicyclic) bond motifs is 1. The van der Waals surface area contributed by atoms with E-state index in [2.05, 4.69) is 9.97 Å². The zero-order valence-electron chi connectivity index (χ0n) is 20.5. The van der Waals surface area contributed by atoms with Gasteiger partial charge in [0.25, 0.3) is 5.56 Å². The fraction of sp³-hybridized carbons (Fsp3) is 0.179. The molecule has 0 saturated carbocycles. The normalized spacial score (nSPS) is 11.4. The molecule has 0 saturated heterocycles. The van der Waals surface area contributed by atoms with Crippen LogP contribution in [0.25, 0.3) is 33.7 Å². The second-order valence-electron chi connectivity index (χ2n) is 8.69. The van der Waals surface area contributed by atoms with Crippen molar-refractivity contribution in [3.63, 3.8) is 0 Å². The Morgan fingerprint density at radius 1 is 1.00 bits per heavy atom. The molecule has 0 aliphatic carbocycles. The number of aliphatic hydroxyl groups excluding tert-OH is 1. The number of methoxy groups -OCH3 is 1. The van der Waals surface area contributed by atoms with Crippen LogP contribution in [-0.2, 0) is 6.54 Å². The van der Waals surface area contributed by atoms with Gasteiger partial charge in [0.1, 0.15) is 24.2 Å². The Morgan fingerprint density at radius 2 is 1.73 bits per heavy atom. The topological polar surface area (TPSA) is 85.4 Å². The summed E-state index contributed by atoms with van der Waals surface area (Å²) in [6, 6.07) is 19.7. The number of hydrogen-bond donors (Lipinski definition) is 1. The number of likely N-dealkylation sites (N-methyl/N-ethyl adjacent to an activating group) is 1. The van der Waals surface area contributed by atoms with Crippen molar-refractivity contribution in [3.05, 3.63) is 101 Å². The van der Waals surface area contributed by atoms with Crippen LogP contribution in [0.2, 0.25) is 0 Å². The lowest BCUT2D eigenvalue weighted by atomic mass is 9.99. The van der Waals surface area contributed by atoms with Crippen molar-refractivity contribution in [2.45, 2.75) is 6.54 Å². The van der Waals surface area contributed by atoms with Gasteiger partial charge in [0.15, 0.2) is 11.2 Å². The number of ether oxygens (including phenoxy) is 1. The molecule has 0 atom stereocenters. The van der Waals surface area contributed by atoms with Gasteiger partial charge in [-0.05, 0) is 60.1 Å². The summed E-state index contributed by atoms with van der Waals surface area (Å²) in [5.74, 6) is 0.141. The number of aromatic nitrogens is 4.